The Hall–Kier alpha value is -4.53. The summed E-state index contributed by atoms with van der Waals surface area (Å²) in [7, 11) is 4.06. The van der Waals surface area contributed by atoms with Gasteiger partial charge in [0.2, 0.25) is 0 Å². The standard InChI is InChI=1S/C34H32N2O2S/c1-25(22-29(24-35)34(37)38)10-8-9-11-26(2)23-33(27-14-18-30(19-15-27)36(3)4)28-16-20-32(21-17-28)39-31-12-6-5-7-13-31/h5-23H,1-4H3,(H,37,38)/b9-8+,25-10+,26-11+,29-22+,33-23-. The summed E-state index contributed by atoms with van der Waals surface area (Å²) in [5.41, 5.74) is 5.96. The zero-order valence-corrected chi connectivity index (χ0v) is 23.4. The van der Waals surface area contributed by atoms with Gasteiger partial charge in [0.05, 0.1) is 0 Å². The van der Waals surface area contributed by atoms with Crippen molar-refractivity contribution in [2.45, 2.75) is 23.6 Å². The predicted octanol–water partition coefficient (Wildman–Crippen LogP) is 8.32. The highest BCUT2D eigenvalue weighted by molar-refractivity contribution is 7.99. The van der Waals surface area contributed by atoms with Crippen LogP contribution in [0.5, 0.6) is 0 Å². The van der Waals surface area contributed by atoms with Gasteiger partial charge in [-0.1, -0.05) is 90.2 Å². The van der Waals surface area contributed by atoms with Crippen LogP contribution in [-0.2, 0) is 4.79 Å². The van der Waals surface area contributed by atoms with Gasteiger partial charge >= 0.3 is 5.97 Å². The molecular weight excluding hydrogens is 500 g/mol. The lowest BCUT2D eigenvalue weighted by molar-refractivity contribution is -0.132. The third-order valence-electron chi connectivity index (χ3n) is 5.76. The average molecular weight is 533 g/mol. The normalized spacial score (nSPS) is 12.9. The van der Waals surface area contributed by atoms with Crippen LogP contribution in [0.3, 0.4) is 0 Å². The number of benzene rings is 3. The summed E-state index contributed by atoms with van der Waals surface area (Å²) in [5, 5.41) is 17.9. The monoisotopic (exact) mass is 532 g/mol. The van der Waals surface area contributed by atoms with Crippen LogP contribution in [-0.4, -0.2) is 25.2 Å². The third-order valence-corrected chi connectivity index (χ3v) is 6.78. The molecule has 0 heterocycles. The summed E-state index contributed by atoms with van der Waals surface area (Å²) in [5.74, 6) is -1.23. The zero-order chi connectivity index (χ0) is 28.2. The molecule has 0 aliphatic carbocycles. The molecule has 0 unspecified atom stereocenters. The number of anilines is 1. The van der Waals surface area contributed by atoms with Gasteiger partial charge < -0.3 is 10.0 Å². The van der Waals surface area contributed by atoms with Gasteiger partial charge in [0, 0.05) is 29.6 Å². The van der Waals surface area contributed by atoms with Crippen molar-refractivity contribution < 1.29 is 9.90 Å². The highest BCUT2D eigenvalue weighted by atomic mass is 32.2. The van der Waals surface area contributed by atoms with Gasteiger partial charge in [-0.3, -0.25) is 0 Å². The molecule has 0 saturated carbocycles. The maximum Gasteiger partial charge on any atom is 0.346 e. The molecule has 39 heavy (non-hydrogen) atoms. The van der Waals surface area contributed by atoms with E-state index in [2.05, 4.69) is 71.6 Å². The maximum atomic E-state index is 11.0. The molecule has 0 aromatic heterocycles. The van der Waals surface area contributed by atoms with Gasteiger partial charge in [-0.05, 0) is 78.6 Å². The topological polar surface area (TPSA) is 64.3 Å². The number of carboxylic acid groups (broad SMARTS) is 1. The second-order valence-electron chi connectivity index (χ2n) is 9.12. The Morgan fingerprint density at radius 2 is 1.31 bits per heavy atom. The highest BCUT2D eigenvalue weighted by Gasteiger charge is 2.08. The Morgan fingerprint density at radius 3 is 1.82 bits per heavy atom. The van der Waals surface area contributed by atoms with Gasteiger partial charge in [-0.15, -0.1) is 0 Å². The number of carbonyl (C=O) groups is 1. The number of carboxylic acids is 1. The van der Waals surface area contributed by atoms with Crippen LogP contribution in [0.1, 0.15) is 25.0 Å². The van der Waals surface area contributed by atoms with Crippen molar-refractivity contribution in [3.05, 3.63) is 143 Å². The molecule has 0 aliphatic rings. The van der Waals surface area contributed by atoms with E-state index in [9.17, 15) is 4.79 Å². The lowest BCUT2D eigenvalue weighted by atomic mass is 9.95. The zero-order valence-electron chi connectivity index (χ0n) is 22.6. The quantitative estimate of drug-likeness (QED) is 0.162. The number of allylic oxidation sites excluding steroid dienone is 8. The number of nitriles is 1. The minimum absolute atomic E-state index is 0.287. The van der Waals surface area contributed by atoms with E-state index in [1.165, 1.54) is 15.9 Å². The Balaban J connectivity index is 1.89. The van der Waals surface area contributed by atoms with Crippen molar-refractivity contribution in [1.82, 2.24) is 0 Å². The van der Waals surface area contributed by atoms with E-state index in [0.717, 1.165) is 28.0 Å². The molecule has 4 nitrogen and oxygen atoms in total. The minimum Gasteiger partial charge on any atom is -0.477 e. The summed E-state index contributed by atoms with van der Waals surface area (Å²) in [6.07, 6.45) is 11.0. The van der Waals surface area contributed by atoms with E-state index in [1.807, 2.05) is 57.4 Å². The molecule has 0 saturated heterocycles. The molecule has 0 bridgehead atoms. The van der Waals surface area contributed by atoms with Crippen LogP contribution in [0.4, 0.5) is 5.69 Å². The molecule has 3 aromatic carbocycles. The summed E-state index contributed by atoms with van der Waals surface area (Å²) in [6, 6.07) is 29.2. The molecule has 1 N–H and O–H groups in total. The lowest BCUT2D eigenvalue weighted by Crippen LogP contribution is -2.08. The molecule has 3 rings (SSSR count). The van der Waals surface area contributed by atoms with Crippen molar-refractivity contribution >= 4 is 29.0 Å². The van der Waals surface area contributed by atoms with Crippen molar-refractivity contribution in [2.24, 2.45) is 0 Å². The summed E-state index contributed by atoms with van der Waals surface area (Å²) < 4.78 is 0. The molecule has 0 aliphatic heterocycles. The summed E-state index contributed by atoms with van der Waals surface area (Å²) in [4.78, 5) is 15.5. The van der Waals surface area contributed by atoms with Crippen LogP contribution < -0.4 is 4.90 Å². The molecule has 0 amide bonds. The molecular formula is C34H32N2O2S. The Bertz CT molecular complexity index is 1470. The number of rotatable bonds is 10. The van der Waals surface area contributed by atoms with E-state index in [0.29, 0.717) is 5.57 Å². The fraction of sp³-hybridized carbons (Fsp3) is 0.118. The predicted molar refractivity (Wildman–Crippen MR) is 163 cm³/mol. The average Bonchev–Trinajstić information content (AvgIpc) is 2.93. The molecule has 0 radical (unpaired) electrons. The Kier molecular flexibility index (Phi) is 10.7. The first-order valence-corrected chi connectivity index (χ1v) is 13.3. The summed E-state index contributed by atoms with van der Waals surface area (Å²) in [6.45, 7) is 3.81. The maximum absolute atomic E-state index is 11.0. The van der Waals surface area contributed by atoms with Gasteiger partial charge in [0.25, 0.3) is 0 Å². The van der Waals surface area contributed by atoms with Gasteiger partial charge in [-0.25, -0.2) is 4.79 Å². The van der Waals surface area contributed by atoms with Crippen molar-refractivity contribution in [2.75, 3.05) is 19.0 Å². The molecule has 0 fully saturated rings. The second-order valence-corrected chi connectivity index (χ2v) is 10.3. The van der Waals surface area contributed by atoms with Crippen LogP contribution in [0, 0.1) is 11.3 Å². The van der Waals surface area contributed by atoms with E-state index < -0.39 is 5.97 Å². The minimum atomic E-state index is -1.23. The number of hydrogen-bond acceptors (Lipinski definition) is 4. The van der Waals surface area contributed by atoms with E-state index >= 15 is 0 Å². The largest absolute Gasteiger partial charge is 0.477 e. The molecule has 0 spiro atoms. The first-order chi connectivity index (χ1) is 18.8. The van der Waals surface area contributed by atoms with Crippen molar-refractivity contribution in [3.8, 4) is 6.07 Å². The first kappa shape index (κ1) is 29.0. The van der Waals surface area contributed by atoms with E-state index in [1.54, 1.807) is 30.8 Å². The number of aliphatic carboxylic acids is 1. The Labute approximate surface area is 235 Å². The molecule has 3 aromatic rings. The number of nitrogens with zero attached hydrogens (tertiary/aromatic N) is 2. The van der Waals surface area contributed by atoms with Crippen LogP contribution in [0.15, 0.2) is 142 Å². The Morgan fingerprint density at radius 1 is 0.795 bits per heavy atom. The fourth-order valence-corrected chi connectivity index (χ4v) is 4.55. The third kappa shape index (κ3) is 9.07. The van der Waals surface area contributed by atoms with E-state index in [4.69, 9.17) is 10.4 Å². The highest BCUT2D eigenvalue weighted by Crippen LogP contribution is 2.31. The van der Waals surface area contributed by atoms with Crippen LogP contribution in [0.2, 0.25) is 0 Å². The smallest absolute Gasteiger partial charge is 0.346 e. The molecule has 0 atom stereocenters. The number of hydrogen-bond donors (Lipinski definition) is 1. The van der Waals surface area contributed by atoms with Gasteiger partial charge in [0.15, 0.2) is 0 Å². The van der Waals surface area contributed by atoms with Gasteiger partial charge in [0.1, 0.15) is 11.6 Å². The van der Waals surface area contributed by atoms with E-state index in [-0.39, 0.29) is 5.57 Å². The second kappa shape index (κ2) is 14.4. The van der Waals surface area contributed by atoms with Crippen molar-refractivity contribution in [3.63, 3.8) is 0 Å². The van der Waals surface area contributed by atoms with Crippen molar-refractivity contribution in [1.29, 1.82) is 5.26 Å². The lowest BCUT2D eigenvalue weighted by Gasteiger charge is -2.15. The van der Waals surface area contributed by atoms with Gasteiger partial charge in [-0.2, -0.15) is 5.26 Å². The van der Waals surface area contributed by atoms with Crippen LogP contribution in [0.25, 0.3) is 5.57 Å². The molecule has 5 heteroatoms. The first-order valence-electron chi connectivity index (χ1n) is 12.5. The SMILES string of the molecule is CC(/C=C(\c1ccc(Sc2ccccc2)cc1)c1ccc(N(C)C)cc1)=C\C=C\C=C(C)\C=C(/C#N)C(=O)O. The van der Waals surface area contributed by atoms with Crippen LogP contribution >= 0.6 is 11.8 Å². The molecule has 196 valence electrons. The summed E-state index contributed by atoms with van der Waals surface area (Å²) >= 11 is 1.74. The fourth-order valence-electron chi connectivity index (χ4n) is 3.71.